The van der Waals surface area contributed by atoms with Gasteiger partial charge < -0.3 is 4.74 Å². The fourth-order valence-electron chi connectivity index (χ4n) is 3.19. The van der Waals surface area contributed by atoms with E-state index in [1.807, 2.05) is 42.5 Å². The normalized spacial score (nSPS) is 13.3. The number of aliphatic imine (C=N–C) groups is 1. The summed E-state index contributed by atoms with van der Waals surface area (Å²) in [5, 5.41) is 1.96. The molecular formula is C24H18Cl3NO. The van der Waals surface area contributed by atoms with Crippen LogP contribution in [0.15, 0.2) is 71.7 Å². The third-order valence-electron chi connectivity index (χ3n) is 4.73. The molecule has 0 fully saturated rings. The summed E-state index contributed by atoms with van der Waals surface area (Å²) in [5.41, 5.74) is 5.34. The molecule has 0 aliphatic carbocycles. The van der Waals surface area contributed by atoms with Gasteiger partial charge in [0, 0.05) is 32.7 Å². The molecule has 0 atom stereocenters. The Kier molecular flexibility index (Phi) is 6.25. The Hall–Kier alpha value is -2.26. The van der Waals surface area contributed by atoms with Gasteiger partial charge in [-0.25, -0.2) is 0 Å². The zero-order chi connectivity index (χ0) is 20.2. The minimum Gasteiger partial charge on any atom is -0.489 e. The molecule has 0 radical (unpaired) electrons. The quantitative estimate of drug-likeness (QED) is 0.406. The van der Waals surface area contributed by atoms with E-state index in [4.69, 9.17) is 39.5 Å². The maximum absolute atomic E-state index is 6.23. The van der Waals surface area contributed by atoms with Gasteiger partial charge >= 0.3 is 0 Å². The Balaban J connectivity index is 1.48. The molecule has 3 aromatic carbocycles. The molecule has 2 nitrogen and oxygen atoms in total. The molecule has 29 heavy (non-hydrogen) atoms. The summed E-state index contributed by atoms with van der Waals surface area (Å²) in [4.78, 5) is 4.68. The minimum absolute atomic E-state index is 0.395. The van der Waals surface area contributed by atoms with Gasteiger partial charge in [0.25, 0.3) is 0 Å². The monoisotopic (exact) mass is 441 g/mol. The first-order valence-corrected chi connectivity index (χ1v) is 10.4. The second kappa shape index (κ2) is 9.04. The number of hydrogen-bond donors (Lipinski definition) is 0. The van der Waals surface area contributed by atoms with Crippen molar-refractivity contribution in [3.05, 3.63) is 104 Å². The van der Waals surface area contributed by atoms with Crippen molar-refractivity contribution in [2.24, 2.45) is 4.99 Å². The largest absolute Gasteiger partial charge is 0.489 e. The van der Waals surface area contributed by atoms with Crippen LogP contribution in [0.2, 0.25) is 15.1 Å². The molecule has 0 unspecified atom stereocenters. The van der Waals surface area contributed by atoms with Crippen LogP contribution in [0, 0.1) is 0 Å². The van der Waals surface area contributed by atoms with Crippen LogP contribution >= 0.6 is 34.8 Å². The van der Waals surface area contributed by atoms with Gasteiger partial charge in [-0.2, -0.15) is 0 Å². The van der Waals surface area contributed by atoms with Crippen molar-refractivity contribution < 1.29 is 4.74 Å². The number of allylic oxidation sites excluding steroid dienone is 1. The van der Waals surface area contributed by atoms with Crippen LogP contribution in [0.5, 0.6) is 5.75 Å². The number of fused-ring (bicyclic) bond motifs is 1. The van der Waals surface area contributed by atoms with Crippen LogP contribution in [0.3, 0.4) is 0 Å². The van der Waals surface area contributed by atoms with E-state index in [9.17, 15) is 0 Å². The Morgan fingerprint density at radius 3 is 2.45 bits per heavy atom. The van der Waals surface area contributed by atoms with Crippen LogP contribution in [-0.4, -0.2) is 12.3 Å². The van der Waals surface area contributed by atoms with Crippen LogP contribution in [-0.2, 0) is 13.0 Å². The first-order chi connectivity index (χ1) is 14.1. The van der Waals surface area contributed by atoms with E-state index >= 15 is 0 Å². The molecule has 3 aromatic rings. The Bertz CT molecular complexity index is 1090. The van der Waals surface area contributed by atoms with Crippen molar-refractivity contribution >= 4 is 46.6 Å². The van der Waals surface area contributed by atoms with Gasteiger partial charge in [-0.05, 0) is 66.1 Å². The van der Waals surface area contributed by atoms with Crippen LogP contribution in [0.4, 0.5) is 0 Å². The third kappa shape index (κ3) is 5.02. The summed E-state index contributed by atoms with van der Waals surface area (Å²) in [5.74, 6) is 0.817. The molecule has 5 heteroatoms. The van der Waals surface area contributed by atoms with Gasteiger partial charge in [0.1, 0.15) is 12.4 Å². The second-order valence-corrected chi connectivity index (χ2v) is 8.03. The molecule has 1 aliphatic rings. The molecule has 0 N–H and O–H groups in total. The van der Waals surface area contributed by atoms with Gasteiger partial charge in [0.15, 0.2) is 0 Å². The van der Waals surface area contributed by atoms with Crippen molar-refractivity contribution in [3.63, 3.8) is 0 Å². The Morgan fingerprint density at radius 2 is 1.66 bits per heavy atom. The molecule has 0 amide bonds. The maximum atomic E-state index is 6.23. The van der Waals surface area contributed by atoms with E-state index < -0.39 is 0 Å². The molecule has 0 spiro atoms. The maximum Gasteiger partial charge on any atom is 0.120 e. The molecule has 0 saturated heterocycles. The lowest BCUT2D eigenvalue weighted by Gasteiger charge is -2.17. The number of benzene rings is 3. The first-order valence-electron chi connectivity index (χ1n) is 9.26. The van der Waals surface area contributed by atoms with Crippen molar-refractivity contribution in [3.8, 4) is 5.75 Å². The van der Waals surface area contributed by atoms with Crippen molar-refractivity contribution in [1.29, 1.82) is 0 Å². The van der Waals surface area contributed by atoms with E-state index in [-0.39, 0.29) is 0 Å². The summed E-state index contributed by atoms with van der Waals surface area (Å²) in [7, 11) is 0. The lowest BCUT2D eigenvalue weighted by Crippen LogP contribution is -2.11. The standard InChI is InChI=1S/C24H18Cl3NO/c25-19-5-1-16(2-6-19)3-10-24-22-9-8-21(13-17(22)11-12-28-24)29-15-18-4-7-20(26)14-23(18)27/h1-10,13-14H,11-12,15H2. The zero-order valence-corrected chi connectivity index (χ0v) is 17.8. The fourth-order valence-corrected chi connectivity index (χ4v) is 3.78. The van der Waals surface area contributed by atoms with Crippen LogP contribution < -0.4 is 4.74 Å². The van der Waals surface area contributed by atoms with E-state index in [1.165, 1.54) is 5.56 Å². The molecule has 1 heterocycles. The summed E-state index contributed by atoms with van der Waals surface area (Å²) < 4.78 is 5.96. The second-order valence-electron chi connectivity index (χ2n) is 6.75. The summed E-state index contributed by atoms with van der Waals surface area (Å²) in [6.45, 7) is 1.16. The van der Waals surface area contributed by atoms with Crippen molar-refractivity contribution in [2.75, 3.05) is 6.54 Å². The van der Waals surface area contributed by atoms with Gasteiger partial charge in [-0.1, -0.05) is 59.1 Å². The van der Waals surface area contributed by atoms with E-state index in [0.717, 1.165) is 46.1 Å². The Labute approximate surface area is 185 Å². The SMILES string of the molecule is Clc1ccc(C=CC2=NCCc3cc(OCc4ccc(Cl)cc4Cl)ccc32)cc1. The molecular weight excluding hydrogens is 425 g/mol. The first kappa shape index (κ1) is 20.0. The number of rotatable bonds is 5. The highest BCUT2D eigenvalue weighted by Gasteiger charge is 2.13. The van der Waals surface area contributed by atoms with Gasteiger partial charge in [0.05, 0.1) is 5.71 Å². The smallest absolute Gasteiger partial charge is 0.120 e. The van der Waals surface area contributed by atoms with Crippen LogP contribution in [0.25, 0.3) is 6.08 Å². The fraction of sp³-hybridized carbons (Fsp3) is 0.125. The average molecular weight is 443 g/mol. The number of hydrogen-bond acceptors (Lipinski definition) is 2. The number of nitrogens with zero attached hydrogens (tertiary/aromatic N) is 1. The van der Waals surface area contributed by atoms with E-state index in [0.29, 0.717) is 16.7 Å². The number of ether oxygens (including phenoxy) is 1. The average Bonchev–Trinajstić information content (AvgIpc) is 2.72. The summed E-state index contributed by atoms with van der Waals surface area (Å²) >= 11 is 18.1. The van der Waals surface area contributed by atoms with Gasteiger partial charge in [-0.3, -0.25) is 4.99 Å². The Morgan fingerprint density at radius 1 is 0.862 bits per heavy atom. The zero-order valence-electron chi connectivity index (χ0n) is 15.5. The highest BCUT2D eigenvalue weighted by molar-refractivity contribution is 6.35. The minimum atomic E-state index is 0.395. The van der Waals surface area contributed by atoms with E-state index in [1.54, 1.807) is 6.07 Å². The molecule has 0 saturated carbocycles. The highest BCUT2D eigenvalue weighted by atomic mass is 35.5. The predicted molar refractivity (Wildman–Crippen MR) is 123 cm³/mol. The van der Waals surface area contributed by atoms with Crippen molar-refractivity contribution in [2.45, 2.75) is 13.0 Å². The van der Waals surface area contributed by atoms with Gasteiger partial charge in [0.2, 0.25) is 0 Å². The molecule has 0 bridgehead atoms. The molecule has 4 rings (SSSR count). The van der Waals surface area contributed by atoms with E-state index in [2.05, 4.69) is 29.3 Å². The molecule has 146 valence electrons. The lowest BCUT2D eigenvalue weighted by molar-refractivity contribution is 0.306. The van der Waals surface area contributed by atoms with Crippen molar-refractivity contribution in [1.82, 2.24) is 0 Å². The van der Waals surface area contributed by atoms with Crippen LogP contribution in [0.1, 0.15) is 22.3 Å². The number of halogens is 3. The molecule has 1 aliphatic heterocycles. The summed E-state index contributed by atoms with van der Waals surface area (Å²) in [6.07, 6.45) is 5.00. The molecule has 0 aromatic heterocycles. The topological polar surface area (TPSA) is 21.6 Å². The highest BCUT2D eigenvalue weighted by Crippen LogP contribution is 2.26. The summed E-state index contributed by atoms with van der Waals surface area (Å²) in [6, 6.07) is 19.3. The third-order valence-corrected chi connectivity index (χ3v) is 5.57. The predicted octanol–water partition coefficient (Wildman–Crippen LogP) is 7.28. The lowest BCUT2D eigenvalue weighted by atomic mass is 9.96. The van der Waals surface area contributed by atoms with Gasteiger partial charge in [-0.15, -0.1) is 0 Å².